The van der Waals surface area contributed by atoms with E-state index in [1.807, 2.05) is 30.3 Å². The molecular formula is C20H19N3O3. The number of aromatic nitrogens is 1. The summed E-state index contributed by atoms with van der Waals surface area (Å²) in [4.78, 5) is 26.3. The second-order valence-corrected chi connectivity index (χ2v) is 6.57. The first-order valence-electron chi connectivity index (χ1n) is 8.49. The first kappa shape index (κ1) is 16.2. The van der Waals surface area contributed by atoms with E-state index in [-0.39, 0.29) is 18.2 Å². The van der Waals surface area contributed by atoms with E-state index < -0.39 is 5.91 Å². The zero-order chi connectivity index (χ0) is 18.3. The number of carbonyl (C=O) groups is 2. The van der Waals surface area contributed by atoms with Crippen molar-refractivity contribution in [3.8, 4) is 5.75 Å². The molecule has 0 aliphatic carbocycles. The van der Waals surface area contributed by atoms with Crippen LogP contribution in [-0.2, 0) is 24.3 Å². The maximum absolute atomic E-state index is 12.8. The SMILES string of the molecule is NC(=O)c1cn(CC(=O)N2CCc3ccc(O)cc3C2)c2ccccc12. The molecule has 1 aliphatic heterocycles. The van der Waals surface area contributed by atoms with Crippen molar-refractivity contribution in [1.82, 2.24) is 9.47 Å². The van der Waals surface area contributed by atoms with Gasteiger partial charge >= 0.3 is 0 Å². The molecule has 2 heterocycles. The van der Waals surface area contributed by atoms with E-state index >= 15 is 0 Å². The Labute approximate surface area is 150 Å². The van der Waals surface area contributed by atoms with Gasteiger partial charge in [0.15, 0.2) is 0 Å². The van der Waals surface area contributed by atoms with Crippen molar-refractivity contribution in [3.05, 3.63) is 65.4 Å². The largest absolute Gasteiger partial charge is 0.508 e. The number of nitrogens with two attached hydrogens (primary N) is 1. The van der Waals surface area contributed by atoms with E-state index in [0.717, 1.165) is 28.5 Å². The molecule has 0 fully saturated rings. The van der Waals surface area contributed by atoms with Gasteiger partial charge in [-0.05, 0) is 35.7 Å². The molecule has 3 N–H and O–H groups in total. The Bertz CT molecular complexity index is 1020. The molecule has 0 bridgehead atoms. The molecule has 0 radical (unpaired) electrons. The molecule has 1 aromatic heterocycles. The van der Waals surface area contributed by atoms with Gasteiger partial charge in [0.25, 0.3) is 5.91 Å². The molecule has 0 spiro atoms. The standard InChI is InChI=1S/C20H19N3O3/c21-20(26)17-11-23(18-4-2-1-3-16(17)18)12-19(25)22-8-7-13-5-6-15(24)9-14(13)10-22/h1-6,9,11,24H,7-8,10,12H2,(H2,21,26). The average molecular weight is 349 g/mol. The van der Waals surface area contributed by atoms with Crippen LogP contribution in [0, 0.1) is 0 Å². The predicted molar refractivity (Wildman–Crippen MR) is 97.7 cm³/mol. The highest BCUT2D eigenvalue weighted by Crippen LogP contribution is 2.25. The number of para-hydroxylation sites is 1. The smallest absolute Gasteiger partial charge is 0.250 e. The molecule has 1 aliphatic rings. The highest BCUT2D eigenvalue weighted by Gasteiger charge is 2.22. The Morgan fingerprint density at radius 3 is 2.73 bits per heavy atom. The van der Waals surface area contributed by atoms with E-state index in [4.69, 9.17) is 5.73 Å². The summed E-state index contributed by atoms with van der Waals surface area (Å²) in [5.74, 6) is -0.328. The molecule has 132 valence electrons. The summed E-state index contributed by atoms with van der Waals surface area (Å²) in [6, 6.07) is 12.7. The molecule has 2 aromatic carbocycles. The number of rotatable bonds is 3. The number of phenolic OH excluding ortho intramolecular Hbond substituents is 1. The van der Waals surface area contributed by atoms with Gasteiger partial charge in [0, 0.05) is 30.2 Å². The van der Waals surface area contributed by atoms with E-state index in [2.05, 4.69) is 0 Å². The number of fused-ring (bicyclic) bond motifs is 2. The van der Waals surface area contributed by atoms with Crippen LogP contribution in [0.5, 0.6) is 5.75 Å². The molecule has 4 rings (SSSR count). The second kappa shape index (κ2) is 6.22. The molecule has 26 heavy (non-hydrogen) atoms. The number of hydrogen-bond donors (Lipinski definition) is 2. The van der Waals surface area contributed by atoms with Crippen LogP contribution in [0.15, 0.2) is 48.7 Å². The Kier molecular flexibility index (Phi) is 3.88. The summed E-state index contributed by atoms with van der Waals surface area (Å²) in [5, 5.41) is 10.4. The van der Waals surface area contributed by atoms with Gasteiger partial charge in [-0.2, -0.15) is 0 Å². The summed E-state index contributed by atoms with van der Waals surface area (Å²) in [7, 11) is 0. The summed E-state index contributed by atoms with van der Waals surface area (Å²) < 4.78 is 1.77. The van der Waals surface area contributed by atoms with E-state index in [1.54, 1.807) is 27.8 Å². The minimum atomic E-state index is -0.505. The van der Waals surface area contributed by atoms with E-state index in [0.29, 0.717) is 18.7 Å². The number of nitrogens with zero attached hydrogens (tertiary/aromatic N) is 2. The number of hydrogen-bond acceptors (Lipinski definition) is 3. The molecule has 6 heteroatoms. The van der Waals surface area contributed by atoms with Crippen molar-refractivity contribution in [3.63, 3.8) is 0 Å². The van der Waals surface area contributed by atoms with Crippen molar-refractivity contribution in [2.45, 2.75) is 19.5 Å². The van der Waals surface area contributed by atoms with Gasteiger partial charge in [-0.3, -0.25) is 9.59 Å². The third-order valence-electron chi connectivity index (χ3n) is 4.91. The molecule has 2 amide bonds. The summed E-state index contributed by atoms with van der Waals surface area (Å²) in [5.41, 5.74) is 8.82. The van der Waals surface area contributed by atoms with Gasteiger partial charge in [-0.25, -0.2) is 0 Å². The summed E-state index contributed by atoms with van der Waals surface area (Å²) in [6.07, 6.45) is 2.41. The highest BCUT2D eigenvalue weighted by atomic mass is 16.3. The number of phenols is 1. The molecule has 0 saturated carbocycles. The fourth-order valence-corrected chi connectivity index (χ4v) is 3.58. The first-order valence-corrected chi connectivity index (χ1v) is 8.49. The van der Waals surface area contributed by atoms with Crippen LogP contribution in [0.4, 0.5) is 0 Å². The van der Waals surface area contributed by atoms with Crippen LogP contribution in [-0.4, -0.2) is 32.9 Å². The third-order valence-corrected chi connectivity index (χ3v) is 4.91. The van der Waals surface area contributed by atoms with Crippen LogP contribution in [0.2, 0.25) is 0 Å². The lowest BCUT2D eigenvalue weighted by Crippen LogP contribution is -2.37. The van der Waals surface area contributed by atoms with Crippen LogP contribution in [0.3, 0.4) is 0 Å². The van der Waals surface area contributed by atoms with Gasteiger partial charge in [-0.15, -0.1) is 0 Å². The molecule has 0 atom stereocenters. The van der Waals surface area contributed by atoms with Gasteiger partial charge in [0.05, 0.1) is 5.56 Å². The highest BCUT2D eigenvalue weighted by molar-refractivity contribution is 6.06. The molecule has 0 unspecified atom stereocenters. The Balaban J connectivity index is 1.59. The van der Waals surface area contributed by atoms with E-state index in [1.165, 1.54) is 0 Å². The summed E-state index contributed by atoms with van der Waals surface area (Å²) in [6.45, 7) is 1.25. The summed E-state index contributed by atoms with van der Waals surface area (Å²) >= 11 is 0. The van der Waals surface area contributed by atoms with Crippen molar-refractivity contribution in [2.24, 2.45) is 5.73 Å². The Morgan fingerprint density at radius 2 is 1.92 bits per heavy atom. The molecule has 0 saturated heterocycles. The van der Waals surface area contributed by atoms with Crippen molar-refractivity contribution >= 4 is 22.7 Å². The topological polar surface area (TPSA) is 88.6 Å². The number of benzene rings is 2. The number of carbonyl (C=O) groups excluding carboxylic acids is 2. The molecule has 6 nitrogen and oxygen atoms in total. The lowest BCUT2D eigenvalue weighted by atomic mass is 9.99. The fourth-order valence-electron chi connectivity index (χ4n) is 3.58. The lowest BCUT2D eigenvalue weighted by molar-refractivity contribution is -0.132. The normalized spacial score (nSPS) is 13.6. The van der Waals surface area contributed by atoms with Gasteiger partial charge in [0.2, 0.25) is 5.91 Å². The van der Waals surface area contributed by atoms with Crippen molar-refractivity contribution < 1.29 is 14.7 Å². The van der Waals surface area contributed by atoms with Crippen molar-refractivity contribution in [2.75, 3.05) is 6.54 Å². The number of aromatic hydroxyl groups is 1. The predicted octanol–water partition coefficient (Wildman–Crippen LogP) is 2.03. The van der Waals surface area contributed by atoms with Gasteiger partial charge in [0.1, 0.15) is 12.3 Å². The van der Waals surface area contributed by atoms with Crippen LogP contribution in [0.1, 0.15) is 21.5 Å². The van der Waals surface area contributed by atoms with Crippen molar-refractivity contribution in [1.29, 1.82) is 0 Å². The van der Waals surface area contributed by atoms with Gasteiger partial charge < -0.3 is 20.3 Å². The quantitative estimate of drug-likeness (QED) is 0.758. The minimum Gasteiger partial charge on any atom is -0.508 e. The second-order valence-electron chi connectivity index (χ2n) is 6.57. The maximum Gasteiger partial charge on any atom is 0.250 e. The minimum absolute atomic E-state index is 0.0317. The number of primary amides is 1. The first-order chi connectivity index (χ1) is 12.5. The maximum atomic E-state index is 12.8. The molecular weight excluding hydrogens is 330 g/mol. The van der Waals surface area contributed by atoms with Gasteiger partial charge in [-0.1, -0.05) is 24.3 Å². The van der Waals surface area contributed by atoms with Crippen LogP contribution < -0.4 is 5.73 Å². The van der Waals surface area contributed by atoms with Crippen LogP contribution >= 0.6 is 0 Å². The zero-order valence-electron chi connectivity index (χ0n) is 14.2. The fraction of sp³-hybridized carbons (Fsp3) is 0.200. The number of amides is 2. The lowest BCUT2D eigenvalue weighted by Gasteiger charge is -2.29. The zero-order valence-corrected chi connectivity index (χ0v) is 14.2. The third kappa shape index (κ3) is 2.79. The Hall–Kier alpha value is -3.28. The Morgan fingerprint density at radius 1 is 1.12 bits per heavy atom. The van der Waals surface area contributed by atoms with Crippen LogP contribution in [0.25, 0.3) is 10.9 Å². The monoisotopic (exact) mass is 349 g/mol. The molecule has 3 aromatic rings. The van der Waals surface area contributed by atoms with E-state index in [9.17, 15) is 14.7 Å². The average Bonchev–Trinajstić information content (AvgIpc) is 3.00.